The number of nitrogens with zero attached hydrogens (tertiary/aromatic N) is 1. The third-order valence-electron chi connectivity index (χ3n) is 6.96. The first-order chi connectivity index (χ1) is 18.1. The summed E-state index contributed by atoms with van der Waals surface area (Å²) in [6.07, 6.45) is 2.97. The number of methoxy groups -OCH3 is 5. The first-order valence-corrected chi connectivity index (χ1v) is 13.5. The summed E-state index contributed by atoms with van der Waals surface area (Å²) < 4.78 is 27.6. The standard InChI is InChI=1S/C29H38N2O5S/c1-32-21-18-25(34-3)22(26(19-21)35-4)9-13-30-12-6-14-31-15-10-28-23(11-16-37-28)29(31)20-7-8-24(33-2)27(17-20)36-5/h7-8,11,16-19,29-30H,6,9-10,12-15H2,1-5H3. The molecular weight excluding hydrogens is 488 g/mol. The van der Waals surface area contributed by atoms with E-state index in [0.717, 1.165) is 79.8 Å². The van der Waals surface area contributed by atoms with Crippen molar-refractivity contribution in [2.24, 2.45) is 0 Å². The summed E-state index contributed by atoms with van der Waals surface area (Å²) in [5.41, 5.74) is 3.70. The maximum atomic E-state index is 5.60. The molecule has 8 heteroatoms. The summed E-state index contributed by atoms with van der Waals surface area (Å²) in [7, 11) is 8.37. The van der Waals surface area contributed by atoms with Gasteiger partial charge in [0, 0.05) is 35.7 Å². The maximum absolute atomic E-state index is 5.60. The molecule has 1 aromatic heterocycles. The van der Waals surface area contributed by atoms with Crippen LogP contribution in [0.5, 0.6) is 28.7 Å². The van der Waals surface area contributed by atoms with Crippen molar-refractivity contribution in [3.63, 3.8) is 0 Å². The van der Waals surface area contributed by atoms with Gasteiger partial charge in [-0.3, -0.25) is 4.90 Å². The Morgan fingerprint density at radius 2 is 1.57 bits per heavy atom. The van der Waals surface area contributed by atoms with Crippen LogP contribution in [0, 0.1) is 0 Å². The van der Waals surface area contributed by atoms with Gasteiger partial charge in [-0.05, 0) is 67.1 Å². The average molecular weight is 527 g/mol. The lowest BCUT2D eigenvalue weighted by Gasteiger charge is -2.36. The van der Waals surface area contributed by atoms with Crippen molar-refractivity contribution >= 4 is 11.3 Å². The number of hydrogen-bond acceptors (Lipinski definition) is 8. The van der Waals surface area contributed by atoms with Crippen molar-refractivity contribution in [3.05, 3.63) is 63.3 Å². The predicted molar refractivity (Wildman–Crippen MR) is 148 cm³/mol. The lowest BCUT2D eigenvalue weighted by molar-refractivity contribution is 0.211. The smallest absolute Gasteiger partial charge is 0.161 e. The van der Waals surface area contributed by atoms with Gasteiger partial charge in [-0.15, -0.1) is 11.3 Å². The fraction of sp³-hybridized carbons (Fsp3) is 0.448. The molecule has 1 unspecified atom stereocenters. The molecule has 2 aromatic carbocycles. The number of nitrogens with one attached hydrogen (secondary N) is 1. The third kappa shape index (κ3) is 6.14. The van der Waals surface area contributed by atoms with Crippen LogP contribution in [0.1, 0.15) is 34.0 Å². The van der Waals surface area contributed by atoms with Crippen LogP contribution in [0.4, 0.5) is 0 Å². The zero-order valence-electron chi connectivity index (χ0n) is 22.5. The zero-order chi connectivity index (χ0) is 26.2. The molecule has 1 aliphatic rings. The molecule has 0 amide bonds. The normalized spacial score (nSPS) is 15.2. The molecule has 7 nitrogen and oxygen atoms in total. The number of benzene rings is 2. The van der Waals surface area contributed by atoms with Crippen LogP contribution in [-0.2, 0) is 12.8 Å². The van der Waals surface area contributed by atoms with Crippen molar-refractivity contribution in [3.8, 4) is 28.7 Å². The van der Waals surface area contributed by atoms with Crippen LogP contribution in [0.25, 0.3) is 0 Å². The molecule has 3 aromatic rings. The molecule has 0 saturated heterocycles. The highest BCUT2D eigenvalue weighted by Gasteiger charge is 2.30. The molecule has 4 rings (SSSR count). The van der Waals surface area contributed by atoms with Gasteiger partial charge < -0.3 is 29.0 Å². The summed E-state index contributed by atoms with van der Waals surface area (Å²) in [6.45, 7) is 3.84. The second-order valence-corrected chi connectivity index (χ2v) is 9.97. The summed E-state index contributed by atoms with van der Waals surface area (Å²) in [5.74, 6) is 3.83. The monoisotopic (exact) mass is 526 g/mol. The van der Waals surface area contributed by atoms with Crippen molar-refractivity contribution in [2.75, 3.05) is 61.7 Å². The topological polar surface area (TPSA) is 61.4 Å². The molecule has 37 heavy (non-hydrogen) atoms. The molecule has 0 bridgehead atoms. The Bertz CT molecular complexity index is 1140. The molecular formula is C29H38N2O5S. The van der Waals surface area contributed by atoms with E-state index < -0.39 is 0 Å². The van der Waals surface area contributed by atoms with E-state index >= 15 is 0 Å². The van der Waals surface area contributed by atoms with Gasteiger partial charge in [-0.25, -0.2) is 0 Å². The van der Waals surface area contributed by atoms with Gasteiger partial charge in [0.25, 0.3) is 0 Å². The van der Waals surface area contributed by atoms with E-state index in [1.807, 2.05) is 29.5 Å². The molecule has 0 fully saturated rings. The SMILES string of the molecule is COc1cc(OC)c(CCNCCCN2CCc3sccc3C2c2ccc(OC)c(OC)c2)c(OC)c1. The molecule has 2 heterocycles. The highest BCUT2D eigenvalue weighted by molar-refractivity contribution is 7.10. The number of fused-ring (bicyclic) bond motifs is 1. The fourth-order valence-electron chi connectivity index (χ4n) is 5.09. The summed E-state index contributed by atoms with van der Waals surface area (Å²) in [5, 5.41) is 5.82. The lowest BCUT2D eigenvalue weighted by atomic mass is 9.93. The molecule has 1 N–H and O–H groups in total. The van der Waals surface area contributed by atoms with Crippen LogP contribution < -0.4 is 29.0 Å². The van der Waals surface area contributed by atoms with Crippen molar-refractivity contribution < 1.29 is 23.7 Å². The van der Waals surface area contributed by atoms with E-state index in [4.69, 9.17) is 23.7 Å². The maximum Gasteiger partial charge on any atom is 0.161 e. The lowest BCUT2D eigenvalue weighted by Crippen LogP contribution is -2.37. The Hall–Kier alpha value is -2.94. The largest absolute Gasteiger partial charge is 0.496 e. The predicted octanol–water partition coefficient (Wildman–Crippen LogP) is 4.96. The molecule has 1 aliphatic heterocycles. The quantitative estimate of drug-likeness (QED) is 0.316. The van der Waals surface area contributed by atoms with Crippen molar-refractivity contribution in [2.45, 2.75) is 25.3 Å². The Morgan fingerprint density at radius 1 is 0.838 bits per heavy atom. The Morgan fingerprint density at radius 3 is 2.24 bits per heavy atom. The first-order valence-electron chi connectivity index (χ1n) is 12.6. The van der Waals surface area contributed by atoms with Gasteiger partial charge in [-0.1, -0.05) is 6.07 Å². The number of hydrogen-bond donors (Lipinski definition) is 1. The fourth-order valence-corrected chi connectivity index (χ4v) is 6.00. The highest BCUT2D eigenvalue weighted by Crippen LogP contribution is 2.40. The van der Waals surface area contributed by atoms with Crippen molar-refractivity contribution in [1.82, 2.24) is 10.2 Å². The van der Waals surface area contributed by atoms with E-state index in [0.29, 0.717) is 0 Å². The van der Waals surface area contributed by atoms with Crippen LogP contribution in [0.2, 0.25) is 0 Å². The molecule has 1 atom stereocenters. The highest BCUT2D eigenvalue weighted by atomic mass is 32.1. The van der Waals surface area contributed by atoms with Crippen molar-refractivity contribution in [1.29, 1.82) is 0 Å². The van der Waals surface area contributed by atoms with E-state index in [9.17, 15) is 0 Å². The molecule has 200 valence electrons. The molecule has 0 saturated carbocycles. The number of rotatable bonds is 13. The van der Waals surface area contributed by atoms with Crippen LogP contribution in [0.15, 0.2) is 41.8 Å². The van der Waals surface area contributed by atoms with Crippen LogP contribution in [-0.4, -0.2) is 66.6 Å². The van der Waals surface area contributed by atoms with Gasteiger partial charge in [0.05, 0.1) is 41.6 Å². The Kier molecular flexibility index (Phi) is 9.55. The molecule has 0 radical (unpaired) electrons. The van der Waals surface area contributed by atoms with Gasteiger partial charge >= 0.3 is 0 Å². The molecule has 0 spiro atoms. The Labute approximate surface area is 224 Å². The summed E-state index contributed by atoms with van der Waals surface area (Å²) >= 11 is 1.86. The minimum atomic E-state index is 0.225. The minimum Gasteiger partial charge on any atom is -0.496 e. The van der Waals surface area contributed by atoms with E-state index in [2.05, 4.69) is 33.8 Å². The summed E-state index contributed by atoms with van der Waals surface area (Å²) in [4.78, 5) is 4.07. The first kappa shape index (κ1) is 27.1. The van der Waals surface area contributed by atoms with E-state index in [1.54, 1.807) is 35.5 Å². The summed E-state index contributed by atoms with van der Waals surface area (Å²) in [6, 6.07) is 12.6. The zero-order valence-corrected chi connectivity index (χ0v) is 23.3. The average Bonchev–Trinajstić information content (AvgIpc) is 3.42. The second-order valence-electron chi connectivity index (χ2n) is 8.97. The third-order valence-corrected chi connectivity index (χ3v) is 7.95. The van der Waals surface area contributed by atoms with Gasteiger partial charge in [0.2, 0.25) is 0 Å². The second kappa shape index (κ2) is 13.0. The van der Waals surface area contributed by atoms with Crippen LogP contribution in [0.3, 0.4) is 0 Å². The van der Waals surface area contributed by atoms with E-state index in [-0.39, 0.29) is 6.04 Å². The number of thiophene rings is 1. The van der Waals surface area contributed by atoms with Gasteiger partial charge in [0.1, 0.15) is 17.2 Å². The van der Waals surface area contributed by atoms with Gasteiger partial charge in [-0.2, -0.15) is 0 Å². The minimum absolute atomic E-state index is 0.225. The van der Waals surface area contributed by atoms with E-state index in [1.165, 1.54) is 16.0 Å². The molecule has 0 aliphatic carbocycles. The van der Waals surface area contributed by atoms with Crippen LogP contribution >= 0.6 is 11.3 Å². The number of ether oxygens (including phenoxy) is 5. The van der Waals surface area contributed by atoms with Gasteiger partial charge in [0.15, 0.2) is 11.5 Å². The Balaban J connectivity index is 1.37.